The Hall–Kier alpha value is -1.62. The van der Waals surface area contributed by atoms with Gasteiger partial charge >= 0.3 is 0 Å². The zero-order valence-corrected chi connectivity index (χ0v) is 10.2. The van der Waals surface area contributed by atoms with E-state index >= 15 is 0 Å². The minimum Gasteiger partial charge on any atom is -0.496 e. The van der Waals surface area contributed by atoms with Crippen molar-refractivity contribution in [2.24, 2.45) is 0 Å². The number of likely N-dealkylation sites (tertiary alicyclic amines) is 1. The van der Waals surface area contributed by atoms with Crippen molar-refractivity contribution in [3.63, 3.8) is 0 Å². The van der Waals surface area contributed by atoms with Gasteiger partial charge in [0, 0.05) is 13.1 Å². The molecule has 0 radical (unpaired) electrons. The Labute approximate surface area is 105 Å². The van der Waals surface area contributed by atoms with Crippen LogP contribution >= 0.6 is 0 Å². The van der Waals surface area contributed by atoms with E-state index in [2.05, 4.69) is 0 Å². The number of hydrogen-bond donors (Lipinski definition) is 1. The number of carbonyl (C=O) groups excluding carboxylic acids is 1. The van der Waals surface area contributed by atoms with E-state index in [0.717, 1.165) is 6.42 Å². The molecule has 1 fully saturated rings. The van der Waals surface area contributed by atoms with Crippen LogP contribution in [-0.2, 0) is 0 Å². The average Bonchev–Trinajstić information content (AvgIpc) is 2.38. The Morgan fingerprint density at radius 3 is 3.00 bits per heavy atom. The van der Waals surface area contributed by atoms with Crippen molar-refractivity contribution in [2.45, 2.75) is 18.9 Å². The monoisotopic (exact) mass is 253 g/mol. The number of aliphatic hydroxyl groups excluding tert-OH is 1. The standard InChI is InChI=1S/C13H16FNO3/c1-18-12-5-4-9(14)7-11(12)13(17)15-6-2-3-10(16)8-15/h4-5,7,10,16H,2-3,6,8H2,1H3. The van der Waals surface area contributed by atoms with Crippen molar-refractivity contribution in [1.82, 2.24) is 4.90 Å². The quantitative estimate of drug-likeness (QED) is 0.867. The lowest BCUT2D eigenvalue weighted by Gasteiger charge is -2.30. The number of piperidine rings is 1. The van der Waals surface area contributed by atoms with E-state index < -0.39 is 11.9 Å². The van der Waals surface area contributed by atoms with Gasteiger partial charge in [0.15, 0.2) is 0 Å². The minimum absolute atomic E-state index is 0.201. The molecule has 0 spiro atoms. The van der Waals surface area contributed by atoms with Crippen molar-refractivity contribution in [3.8, 4) is 5.75 Å². The molecule has 4 nitrogen and oxygen atoms in total. The molecule has 0 saturated carbocycles. The number of ether oxygens (including phenoxy) is 1. The summed E-state index contributed by atoms with van der Waals surface area (Å²) in [6.07, 6.45) is 0.955. The fraction of sp³-hybridized carbons (Fsp3) is 0.462. The van der Waals surface area contributed by atoms with Gasteiger partial charge in [-0.05, 0) is 31.0 Å². The molecule has 1 saturated heterocycles. The maximum Gasteiger partial charge on any atom is 0.257 e. The van der Waals surface area contributed by atoms with Gasteiger partial charge in [-0.15, -0.1) is 0 Å². The molecule has 2 rings (SSSR count). The first-order chi connectivity index (χ1) is 8.61. The second-order valence-corrected chi connectivity index (χ2v) is 4.39. The Balaban J connectivity index is 2.24. The number of aliphatic hydroxyl groups is 1. The highest BCUT2D eigenvalue weighted by Crippen LogP contribution is 2.22. The molecule has 1 amide bonds. The van der Waals surface area contributed by atoms with Crippen LogP contribution in [0.15, 0.2) is 18.2 Å². The van der Waals surface area contributed by atoms with E-state index in [1.54, 1.807) is 0 Å². The fourth-order valence-electron chi connectivity index (χ4n) is 2.16. The largest absolute Gasteiger partial charge is 0.496 e. The number of β-amino-alcohol motifs (C(OH)–C–C–N with tert-alkyl or cyclic N) is 1. The van der Waals surface area contributed by atoms with E-state index in [9.17, 15) is 14.3 Å². The topological polar surface area (TPSA) is 49.8 Å². The van der Waals surface area contributed by atoms with Crippen LogP contribution in [0.2, 0.25) is 0 Å². The molecular weight excluding hydrogens is 237 g/mol. The minimum atomic E-state index is -0.498. The van der Waals surface area contributed by atoms with Gasteiger partial charge in [0.25, 0.3) is 5.91 Å². The highest BCUT2D eigenvalue weighted by molar-refractivity contribution is 5.97. The summed E-state index contributed by atoms with van der Waals surface area (Å²) in [5.41, 5.74) is 0.201. The third-order valence-electron chi connectivity index (χ3n) is 3.08. The molecule has 1 aliphatic rings. The van der Waals surface area contributed by atoms with Crippen LogP contribution in [-0.4, -0.2) is 42.2 Å². The molecule has 18 heavy (non-hydrogen) atoms. The first-order valence-electron chi connectivity index (χ1n) is 5.92. The summed E-state index contributed by atoms with van der Waals surface area (Å²) in [5.74, 6) is -0.428. The first kappa shape index (κ1) is 12.8. The fourth-order valence-corrected chi connectivity index (χ4v) is 2.16. The van der Waals surface area contributed by atoms with E-state index in [1.807, 2.05) is 0 Å². The van der Waals surface area contributed by atoms with E-state index in [4.69, 9.17) is 4.74 Å². The van der Waals surface area contributed by atoms with Crippen LogP contribution in [0.4, 0.5) is 4.39 Å². The molecule has 1 heterocycles. The predicted octanol–water partition coefficient (Wildman–Crippen LogP) is 1.43. The Kier molecular flexibility index (Phi) is 3.81. The molecular formula is C13H16FNO3. The van der Waals surface area contributed by atoms with Crippen LogP contribution in [0.25, 0.3) is 0 Å². The lowest BCUT2D eigenvalue weighted by molar-refractivity contribution is 0.0470. The van der Waals surface area contributed by atoms with Gasteiger partial charge in [0.2, 0.25) is 0 Å². The number of methoxy groups -OCH3 is 1. The van der Waals surface area contributed by atoms with Crippen molar-refractivity contribution in [1.29, 1.82) is 0 Å². The summed E-state index contributed by atoms with van der Waals surface area (Å²) < 4.78 is 18.3. The van der Waals surface area contributed by atoms with Gasteiger partial charge in [-0.3, -0.25) is 4.79 Å². The summed E-state index contributed by atoms with van der Waals surface area (Å²) in [5, 5.41) is 9.56. The molecule has 1 unspecified atom stereocenters. The molecule has 1 aromatic rings. The summed E-state index contributed by atoms with van der Waals surface area (Å²) in [4.78, 5) is 13.8. The number of rotatable bonds is 2. The number of hydrogen-bond acceptors (Lipinski definition) is 3. The number of halogens is 1. The second-order valence-electron chi connectivity index (χ2n) is 4.39. The third kappa shape index (κ3) is 2.61. The lowest BCUT2D eigenvalue weighted by atomic mass is 10.1. The van der Waals surface area contributed by atoms with E-state index in [-0.39, 0.29) is 11.5 Å². The number of carbonyl (C=O) groups is 1. The highest BCUT2D eigenvalue weighted by atomic mass is 19.1. The molecule has 1 atom stereocenters. The van der Waals surface area contributed by atoms with E-state index in [1.165, 1.54) is 30.2 Å². The summed E-state index contributed by atoms with van der Waals surface area (Å²) in [7, 11) is 1.44. The van der Waals surface area contributed by atoms with Crippen LogP contribution in [0.3, 0.4) is 0 Å². The maximum absolute atomic E-state index is 13.2. The molecule has 0 aromatic heterocycles. The first-order valence-corrected chi connectivity index (χ1v) is 5.92. The van der Waals surface area contributed by atoms with Crippen LogP contribution in [0.1, 0.15) is 23.2 Å². The lowest BCUT2D eigenvalue weighted by Crippen LogP contribution is -2.42. The Morgan fingerprint density at radius 1 is 1.56 bits per heavy atom. The molecule has 1 aliphatic heterocycles. The molecule has 0 aliphatic carbocycles. The summed E-state index contributed by atoms with van der Waals surface area (Å²) >= 11 is 0. The number of benzene rings is 1. The molecule has 1 aromatic carbocycles. The number of nitrogens with zero attached hydrogens (tertiary/aromatic N) is 1. The van der Waals surface area contributed by atoms with Gasteiger partial charge in [-0.2, -0.15) is 0 Å². The molecule has 1 N–H and O–H groups in total. The average molecular weight is 253 g/mol. The van der Waals surface area contributed by atoms with Crippen LogP contribution in [0, 0.1) is 5.82 Å². The Morgan fingerprint density at radius 2 is 2.33 bits per heavy atom. The van der Waals surface area contributed by atoms with Crippen molar-refractivity contribution < 1.29 is 19.0 Å². The van der Waals surface area contributed by atoms with Crippen LogP contribution < -0.4 is 4.74 Å². The van der Waals surface area contributed by atoms with Crippen molar-refractivity contribution in [2.75, 3.05) is 20.2 Å². The zero-order valence-electron chi connectivity index (χ0n) is 10.2. The van der Waals surface area contributed by atoms with Gasteiger partial charge in [-0.1, -0.05) is 0 Å². The smallest absolute Gasteiger partial charge is 0.257 e. The predicted molar refractivity (Wildman–Crippen MR) is 64.1 cm³/mol. The molecule has 98 valence electrons. The maximum atomic E-state index is 13.2. The Bertz CT molecular complexity index is 450. The van der Waals surface area contributed by atoms with Gasteiger partial charge in [-0.25, -0.2) is 4.39 Å². The van der Waals surface area contributed by atoms with Crippen molar-refractivity contribution in [3.05, 3.63) is 29.6 Å². The normalized spacial score (nSPS) is 19.7. The highest BCUT2D eigenvalue weighted by Gasteiger charge is 2.25. The van der Waals surface area contributed by atoms with E-state index in [0.29, 0.717) is 25.3 Å². The molecule has 0 bridgehead atoms. The summed E-state index contributed by atoms with van der Waals surface area (Å²) in [6.45, 7) is 0.869. The van der Waals surface area contributed by atoms with Gasteiger partial charge in [0.1, 0.15) is 11.6 Å². The van der Waals surface area contributed by atoms with Gasteiger partial charge in [0.05, 0.1) is 18.8 Å². The number of amides is 1. The SMILES string of the molecule is COc1ccc(F)cc1C(=O)N1CCCC(O)C1. The summed E-state index contributed by atoms with van der Waals surface area (Å²) in [6, 6.07) is 3.85. The third-order valence-corrected chi connectivity index (χ3v) is 3.08. The molecule has 5 heteroatoms. The van der Waals surface area contributed by atoms with Gasteiger partial charge < -0.3 is 14.7 Å². The second kappa shape index (κ2) is 5.35. The zero-order chi connectivity index (χ0) is 13.1. The van der Waals surface area contributed by atoms with Crippen molar-refractivity contribution >= 4 is 5.91 Å². The van der Waals surface area contributed by atoms with Crippen LogP contribution in [0.5, 0.6) is 5.75 Å².